The van der Waals surface area contributed by atoms with E-state index in [-0.39, 0.29) is 11.8 Å². The maximum absolute atomic E-state index is 12.7. The molecule has 1 atom stereocenters. The Morgan fingerprint density at radius 3 is 2.67 bits per heavy atom. The van der Waals surface area contributed by atoms with Crippen LogP contribution in [0.4, 0.5) is 11.6 Å². The number of rotatable bonds is 6. The van der Waals surface area contributed by atoms with Gasteiger partial charge in [0, 0.05) is 38.3 Å². The number of nitrogens with one attached hydrogen (secondary N) is 1. The summed E-state index contributed by atoms with van der Waals surface area (Å²) in [5.41, 5.74) is 7.06. The van der Waals surface area contributed by atoms with Gasteiger partial charge < -0.3 is 16.0 Å². The predicted molar refractivity (Wildman–Crippen MR) is 119 cm³/mol. The first-order valence-electron chi connectivity index (χ1n) is 11.1. The fraction of sp³-hybridized carbons (Fsp3) is 0.522. The SMILES string of the molecule is Nc1cc(N2CCC(N3CCC[C@H](C(=O)NCCc4ccccc4)C3)CC2)ncn1. The quantitative estimate of drug-likeness (QED) is 0.761. The van der Waals surface area contributed by atoms with Crippen molar-refractivity contribution in [3.05, 3.63) is 48.3 Å². The van der Waals surface area contributed by atoms with E-state index in [4.69, 9.17) is 5.73 Å². The molecule has 2 fully saturated rings. The number of benzene rings is 1. The van der Waals surface area contributed by atoms with Crippen molar-refractivity contribution in [3.8, 4) is 0 Å². The number of carbonyl (C=O) groups excluding carboxylic acids is 1. The average molecular weight is 409 g/mol. The molecule has 3 N–H and O–H groups in total. The van der Waals surface area contributed by atoms with E-state index in [0.29, 0.717) is 18.4 Å². The van der Waals surface area contributed by atoms with Crippen molar-refractivity contribution in [1.29, 1.82) is 0 Å². The van der Waals surface area contributed by atoms with E-state index in [1.807, 2.05) is 24.3 Å². The van der Waals surface area contributed by atoms with Crippen LogP contribution in [0.5, 0.6) is 0 Å². The zero-order valence-electron chi connectivity index (χ0n) is 17.5. The molecule has 2 aliphatic rings. The Hall–Kier alpha value is -2.67. The Balaban J connectivity index is 1.23. The highest BCUT2D eigenvalue weighted by molar-refractivity contribution is 5.79. The number of aromatic nitrogens is 2. The smallest absolute Gasteiger partial charge is 0.224 e. The van der Waals surface area contributed by atoms with Gasteiger partial charge in [-0.25, -0.2) is 9.97 Å². The number of carbonyl (C=O) groups is 1. The molecule has 30 heavy (non-hydrogen) atoms. The van der Waals surface area contributed by atoms with E-state index < -0.39 is 0 Å². The molecule has 160 valence electrons. The fourth-order valence-corrected chi connectivity index (χ4v) is 4.67. The highest BCUT2D eigenvalue weighted by Crippen LogP contribution is 2.26. The molecule has 4 rings (SSSR count). The average Bonchev–Trinajstić information content (AvgIpc) is 2.80. The van der Waals surface area contributed by atoms with Gasteiger partial charge in [0.25, 0.3) is 0 Å². The predicted octanol–water partition coefficient (Wildman–Crippen LogP) is 2.10. The first kappa shape index (κ1) is 20.6. The summed E-state index contributed by atoms with van der Waals surface area (Å²) in [7, 11) is 0. The van der Waals surface area contributed by atoms with Gasteiger partial charge in [0.1, 0.15) is 18.0 Å². The van der Waals surface area contributed by atoms with Crippen LogP contribution in [-0.2, 0) is 11.2 Å². The molecule has 0 unspecified atom stereocenters. The normalized spacial score (nSPS) is 20.8. The molecule has 2 aromatic rings. The second-order valence-electron chi connectivity index (χ2n) is 8.38. The van der Waals surface area contributed by atoms with Gasteiger partial charge in [0.2, 0.25) is 5.91 Å². The van der Waals surface area contributed by atoms with Crippen LogP contribution in [0.2, 0.25) is 0 Å². The molecule has 1 amide bonds. The lowest BCUT2D eigenvalue weighted by Crippen LogP contribution is -2.51. The van der Waals surface area contributed by atoms with E-state index in [9.17, 15) is 4.79 Å². The first-order valence-corrected chi connectivity index (χ1v) is 11.1. The van der Waals surface area contributed by atoms with Gasteiger partial charge in [-0.2, -0.15) is 0 Å². The molecule has 1 aromatic heterocycles. The summed E-state index contributed by atoms with van der Waals surface area (Å²) in [4.78, 5) is 25.9. The number of anilines is 2. The zero-order valence-corrected chi connectivity index (χ0v) is 17.5. The molecule has 3 heterocycles. The molecule has 0 radical (unpaired) electrons. The molecule has 7 nitrogen and oxygen atoms in total. The van der Waals surface area contributed by atoms with E-state index in [1.54, 1.807) is 0 Å². The monoisotopic (exact) mass is 408 g/mol. The van der Waals surface area contributed by atoms with E-state index >= 15 is 0 Å². The van der Waals surface area contributed by atoms with Crippen LogP contribution in [-0.4, -0.2) is 59.5 Å². The maximum atomic E-state index is 12.7. The molecule has 7 heteroatoms. The van der Waals surface area contributed by atoms with Crippen molar-refractivity contribution in [3.63, 3.8) is 0 Å². The van der Waals surface area contributed by atoms with Crippen LogP contribution in [0, 0.1) is 5.92 Å². The van der Waals surface area contributed by atoms with Gasteiger partial charge in [0.05, 0.1) is 5.92 Å². The second kappa shape index (κ2) is 9.89. The number of nitrogens with zero attached hydrogens (tertiary/aromatic N) is 4. The maximum Gasteiger partial charge on any atom is 0.224 e. The fourth-order valence-electron chi connectivity index (χ4n) is 4.67. The number of amides is 1. The van der Waals surface area contributed by atoms with Crippen molar-refractivity contribution in [2.24, 2.45) is 5.92 Å². The van der Waals surface area contributed by atoms with E-state index in [2.05, 4.69) is 37.2 Å². The van der Waals surface area contributed by atoms with Crippen molar-refractivity contribution >= 4 is 17.5 Å². The lowest BCUT2D eigenvalue weighted by Gasteiger charge is -2.42. The van der Waals surface area contributed by atoms with Gasteiger partial charge in [-0.3, -0.25) is 9.69 Å². The third-order valence-electron chi connectivity index (χ3n) is 6.36. The number of piperidine rings is 2. The molecule has 0 spiro atoms. The largest absolute Gasteiger partial charge is 0.384 e. The lowest BCUT2D eigenvalue weighted by atomic mass is 9.93. The summed E-state index contributed by atoms with van der Waals surface area (Å²) in [6, 6.07) is 12.7. The highest BCUT2D eigenvalue weighted by Gasteiger charge is 2.31. The number of nitrogens with two attached hydrogens (primary N) is 1. The molecule has 1 aromatic carbocycles. The topological polar surface area (TPSA) is 87.4 Å². The van der Waals surface area contributed by atoms with Crippen molar-refractivity contribution in [2.75, 3.05) is 43.4 Å². The Morgan fingerprint density at radius 1 is 1.10 bits per heavy atom. The number of nitrogen functional groups attached to an aromatic ring is 1. The first-order chi connectivity index (χ1) is 14.7. The minimum atomic E-state index is 0.106. The van der Waals surface area contributed by atoms with Crippen molar-refractivity contribution < 1.29 is 4.79 Å². The van der Waals surface area contributed by atoms with Crippen LogP contribution >= 0.6 is 0 Å². The van der Waals surface area contributed by atoms with Gasteiger partial charge in [-0.15, -0.1) is 0 Å². The van der Waals surface area contributed by atoms with Crippen LogP contribution < -0.4 is 16.0 Å². The Labute approximate surface area is 178 Å². The molecule has 0 bridgehead atoms. The minimum absolute atomic E-state index is 0.106. The van der Waals surface area contributed by atoms with E-state index in [1.165, 1.54) is 11.9 Å². The zero-order chi connectivity index (χ0) is 20.8. The van der Waals surface area contributed by atoms with Gasteiger partial charge in [-0.1, -0.05) is 30.3 Å². The summed E-state index contributed by atoms with van der Waals surface area (Å²) in [6.45, 7) is 4.61. The van der Waals surface area contributed by atoms with E-state index in [0.717, 1.165) is 64.1 Å². The Morgan fingerprint density at radius 2 is 1.90 bits per heavy atom. The molecule has 0 saturated carbocycles. The highest BCUT2D eigenvalue weighted by atomic mass is 16.1. The summed E-state index contributed by atoms with van der Waals surface area (Å²) < 4.78 is 0. The van der Waals surface area contributed by atoms with Gasteiger partial charge in [0.15, 0.2) is 0 Å². The summed E-state index contributed by atoms with van der Waals surface area (Å²) in [6.07, 6.45) is 6.68. The third-order valence-corrected chi connectivity index (χ3v) is 6.36. The van der Waals surface area contributed by atoms with Crippen LogP contribution in [0.3, 0.4) is 0 Å². The number of hydrogen-bond donors (Lipinski definition) is 2. The van der Waals surface area contributed by atoms with Crippen molar-refractivity contribution in [2.45, 2.75) is 38.1 Å². The van der Waals surface area contributed by atoms with Crippen LogP contribution in [0.1, 0.15) is 31.2 Å². The van der Waals surface area contributed by atoms with Gasteiger partial charge >= 0.3 is 0 Å². The van der Waals surface area contributed by atoms with Crippen LogP contribution in [0.15, 0.2) is 42.7 Å². The Bertz CT molecular complexity index is 821. The molecular weight excluding hydrogens is 376 g/mol. The number of hydrogen-bond acceptors (Lipinski definition) is 6. The van der Waals surface area contributed by atoms with Gasteiger partial charge in [-0.05, 0) is 44.2 Å². The number of likely N-dealkylation sites (tertiary alicyclic amines) is 1. The second-order valence-corrected chi connectivity index (χ2v) is 8.38. The molecular formula is C23H32N6O. The third kappa shape index (κ3) is 5.27. The minimum Gasteiger partial charge on any atom is -0.384 e. The Kier molecular flexibility index (Phi) is 6.79. The lowest BCUT2D eigenvalue weighted by molar-refractivity contribution is -0.127. The van der Waals surface area contributed by atoms with Crippen molar-refractivity contribution in [1.82, 2.24) is 20.2 Å². The standard InChI is InChI=1S/C23H32N6O/c24-21-15-22(27-17-26-21)28-13-9-20(10-14-28)29-12-4-7-19(16-29)23(30)25-11-8-18-5-2-1-3-6-18/h1-3,5-6,15,17,19-20H,4,7-14,16H2,(H,25,30)(H2,24,26,27)/t19-/m0/s1. The summed E-state index contributed by atoms with van der Waals surface area (Å²) >= 11 is 0. The molecule has 0 aliphatic carbocycles. The molecule has 2 saturated heterocycles. The summed E-state index contributed by atoms with van der Waals surface area (Å²) in [5.74, 6) is 1.74. The molecule has 2 aliphatic heterocycles. The summed E-state index contributed by atoms with van der Waals surface area (Å²) in [5, 5.41) is 3.16. The van der Waals surface area contributed by atoms with Crippen LogP contribution in [0.25, 0.3) is 0 Å².